The van der Waals surface area contributed by atoms with E-state index in [1.807, 2.05) is 43.3 Å². The molecule has 2 aromatic rings. The largest absolute Gasteiger partial charge is 0.378 e. The van der Waals surface area contributed by atoms with Crippen LogP contribution >= 0.6 is 0 Å². The average molecular weight is 375 g/mol. The fraction of sp³-hybridized carbons (Fsp3) is 0.316. The molecule has 0 aromatic heterocycles. The molecule has 26 heavy (non-hydrogen) atoms. The smallest absolute Gasteiger partial charge is 0.253 e. The Labute approximate surface area is 155 Å². The summed E-state index contributed by atoms with van der Waals surface area (Å²) in [6.07, 6.45) is 1.09. The molecular formula is C19H25N3O3S. The van der Waals surface area contributed by atoms with Gasteiger partial charge in [0, 0.05) is 38.9 Å². The van der Waals surface area contributed by atoms with Crippen molar-refractivity contribution in [3.8, 4) is 0 Å². The lowest BCUT2D eigenvalue weighted by Gasteiger charge is -2.19. The molecule has 0 saturated heterocycles. The van der Waals surface area contributed by atoms with Gasteiger partial charge in [-0.05, 0) is 42.3 Å². The zero-order chi connectivity index (χ0) is 19.5. The lowest BCUT2D eigenvalue weighted by atomic mass is 10.1. The van der Waals surface area contributed by atoms with E-state index in [9.17, 15) is 13.2 Å². The van der Waals surface area contributed by atoms with Gasteiger partial charge in [-0.1, -0.05) is 18.2 Å². The van der Waals surface area contributed by atoms with Gasteiger partial charge < -0.3 is 9.80 Å². The summed E-state index contributed by atoms with van der Waals surface area (Å²) >= 11 is 0. The third-order valence-electron chi connectivity index (χ3n) is 4.00. The molecule has 0 fully saturated rings. The van der Waals surface area contributed by atoms with Crippen LogP contribution in [0.1, 0.15) is 21.5 Å². The van der Waals surface area contributed by atoms with Gasteiger partial charge in [-0.15, -0.1) is 0 Å². The predicted molar refractivity (Wildman–Crippen MR) is 106 cm³/mol. The van der Waals surface area contributed by atoms with Crippen LogP contribution in [0, 0.1) is 6.92 Å². The minimum Gasteiger partial charge on any atom is -0.378 e. The highest BCUT2D eigenvalue weighted by Gasteiger charge is 2.15. The van der Waals surface area contributed by atoms with Gasteiger partial charge in [-0.3, -0.25) is 9.52 Å². The van der Waals surface area contributed by atoms with Gasteiger partial charge in [0.15, 0.2) is 0 Å². The summed E-state index contributed by atoms with van der Waals surface area (Å²) in [6.45, 7) is 2.26. The van der Waals surface area contributed by atoms with Gasteiger partial charge in [0.1, 0.15) is 0 Å². The molecule has 0 spiro atoms. The summed E-state index contributed by atoms with van der Waals surface area (Å²) in [4.78, 5) is 16.3. The standard InChI is InChI=1S/C19H25N3O3S/c1-14-6-9-16(12-18(14)20-26(5,24)25)19(23)22(4)13-15-7-10-17(11-8-15)21(2)3/h6-12,20H,13H2,1-5H3. The maximum Gasteiger partial charge on any atom is 0.253 e. The highest BCUT2D eigenvalue weighted by atomic mass is 32.2. The molecule has 0 saturated carbocycles. The first kappa shape index (κ1) is 19.8. The first-order chi connectivity index (χ1) is 12.1. The number of hydrogen-bond acceptors (Lipinski definition) is 4. The molecule has 1 amide bonds. The molecule has 0 aliphatic carbocycles. The molecular weight excluding hydrogens is 350 g/mol. The molecule has 0 unspecified atom stereocenters. The first-order valence-corrected chi connectivity index (χ1v) is 10.1. The Morgan fingerprint density at radius 1 is 1.04 bits per heavy atom. The maximum absolute atomic E-state index is 12.7. The normalized spacial score (nSPS) is 11.1. The van der Waals surface area contributed by atoms with Crippen LogP contribution in [0.15, 0.2) is 42.5 Å². The Hall–Kier alpha value is -2.54. The number of aryl methyl sites for hydroxylation is 1. The molecule has 0 aliphatic rings. The number of nitrogens with one attached hydrogen (secondary N) is 1. The summed E-state index contributed by atoms with van der Waals surface area (Å²) in [6, 6.07) is 13.0. The van der Waals surface area contributed by atoms with Gasteiger partial charge in [0.25, 0.3) is 5.91 Å². The van der Waals surface area contributed by atoms with Gasteiger partial charge in [-0.25, -0.2) is 8.42 Å². The number of carbonyl (C=O) groups is 1. The molecule has 140 valence electrons. The Morgan fingerprint density at radius 2 is 1.65 bits per heavy atom. The highest BCUT2D eigenvalue weighted by Crippen LogP contribution is 2.20. The molecule has 0 radical (unpaired) electrons. The molecule has 2 aromatic carbocycles. The SMILES string of the molecule is Cc1ccc(C(=O)N(C)Cc2ccc(N(C)C)cc2)cc1NS(C)(=O)=O. The zero-order valence-corrected chi connectivity index (χ0v) is 16.6. The van der Waals surface area contributed by atoms with Gasteiger partial charge in [0.05, 0.1) is 11.9 Å². The molecule has 0 heterocycles. The van der Waals surface area contributed by atoms with Crippen LogP contribution in [0.2, 0.25) is 0 Å². The summed E-state index contributed by atoms with van der Waals surface area (Å²) in [5.41, 5.74) is 3.73. The second kappa shape index (κ2) is 7.78. The van der Waals surface area contributed by atoms with E-state index in [4.69, 9.17) is 0 Å². The Bertz CT molecular complexity index is 891. The van der Waals surface area contributed by atoms with Crippen LogP contribution in [-0.2, 0) is 16.6 Å². The maximum atomic E-state index is 12.7. The van der Waals surface area contributed by atoms with E-state index in [0.717, 1.165) is 23.1 Å². The zero-order valence-electron chi connectivity index (χ0n) is 15.8. The molecule has 0 atom stereocenters. The van der Waals surface area contributed by atoms with Crippen LogP contribution in [-0.4, -0.2) is 46.6 Å². The molecule has 6 nitrogen and oxygen atoms in total. The minimum atomic E-state index is -3.40. The van der Waals surface area contributed by atoms with Crippen molar-refractivity contribution in [2.45, 2.75) is 13.5 Å². The second-order valence-corrected chi connectivity index (χ2v) is 8.37. The fourth-order valence-corrected chi connectivity index (χ4v) is 3.15. The Kier molecular flexibility index (Phi) is 5.92. The third kappa shape index (κ3) is 5.23. The van der Waals surface area contributed by atoms with Gasteiger partial charge >= 0.3 is 0 Å². The number of amides is 1. The minimum absolute atomic E-state index is 0.168. The van der Waals surface area contributed by atoms with E-state index < -0.39 is 10.0 Å². The number of anilines is 2. The number of carbonyl (C=O) groups excluding carboxylic acids is 1. The van der Waals surface area contributed by atoms with E-state index in [2.05, 4.69) is 4.72 Å². The van der Waals surface area contributed by atoms with Crippen molar-refractivity contribution in [1.82, 2.24) is 4.90 Å². The summed E-state index contributed by atoms with van der Waals surface area (Å²) < 4.78 is 25.4. The van der Waals surface area contributed by atoms with Crippen molar-refractivity contribution >= 4 is 27.3 Å². The predicted octanol–water partition coefficient (Wildman–Crippen LogP) is 2.70. The summed E-state index contributed by atoms with van der Waals surface area (Å²) in [5.74, 6) is -0.168. The molecule has 2 rings (SSSR count). The molecule has 1 N–H and O–H groups in total. The van der Waals surface area contributed by atoms with Crippen molar-refractivity contribution in [3.63, 3.8) is 0 Å². The summed E-state index contributed by atoms with van der Waals surface area (Å²) in [7, 11) is 2.28. The van der Waals surface area contributed by atoms with E-state index in [0.29, 0.717) is 17.8 Å². The molecule has 0 aliphatic heterocycles. The lowest BCUT2D eigenvalue weighted by Crippen LogP contribution is -2.26. The van der Waals surface area contributed by atoms with E-state index in [1.165, 1.54) is 0 Å². The topological polar surface area (TPSA) is 69.7 Å². The second-order valence-electron chi connectivity index (χ2n) is 6.63. The quantitative estimate of drug-likeness (QED) is 0.843. The van der Waals surface area contributed by atoms with Crippen LogP contribution in [0.3, 0.4) is 0 Å². The third-order valence-corrected chi connectivity index (χ3v) is 4.59. The van der Waals surface area contributed by atoms with Crippen molar-refractivity contribution in [2.75, 3.05) is 37.0 Å². The van der Waals surface area contributed by atoms with Crippen LogP contribution in [0.4, 0.5) is 11.4 Å². The monoisotopic (exact) mass is 375 g/mol. The number of nitrogens with zero attached hydrogens (tertiary/aromatic N) is 2. The van der Waals surface area contributed by atoms with Crippen molar-refractivity contribution in [2.24, 2.45) is 0 Å². The van der Waals surface area contributed by atoms with Gasteiger partial charge in [-0.2, -0.15) is 0 Å². The van der Waals surface area contributed by atoms with E-state index in [-0.39, 0.29) is 5.91 Å². The fourth-order valence-electron chi connectivity index (χ4n) is 2.53. The van der Waals surface area contributed by atoms with Crippen molar-refractivity contribution in [3.05, 3.63) is 59.2 Å². The number of hydrogen-bond donors (Lipinski definition) is 1. The van der Waals surface area contributed by atoms with Crippen LogP contribution in [0.25, 0.3) is 0 Å². The highest BCUT2D eigenvalue weighted by molar-refractivity contribution is 7.92. The first-order valence-electron chi connectivity index (χ1n) is 8.17. The van der Waals surface area contributed by atoms with E-state index >= 15 is 0 Å². The van der Waals surface area contributed by atoms with Crippen molar-refractivity contribution in [1.29, 1.82) is 0 Å². The van der Waals surface area contributed by atoms with Crippen molar-refractivity contribution < 1.29 is 13.2 Å². The Balaban J connectivity index is 2.16. The average Bonchev–Trinajstić information content (AvgIpc) is 2.55. The lowest BCUT2D eigenvalue weighted by molar-refractivity contribution is 0.0785. The summed E-state index contributed by atoms with van der Waals surface area (Å²) in [5, 5.41) is 0. The van der Waals surface area contributed by atoms with E-state index in [1.54, 1.807) is 37.1 Å². The Morgan fingerprint density at radius 3 is 2.19 bits per heavy atom. The number of benzene rings is 2. The molecule has 7 heteroatoms. The van der Waals surface area contributed by atoms with Crippen LogP contribution in [0.5, 0.6) is 0 Å². The number of sulfonamides is 1. The van der Waals surface area contributed by atoms with Crippen LogP contribution < -0.4 is 9.62 Å². The number of rotatable bonds is 6. The van der Waals surface area contributed by atoms with Gasteiger partial charge in [0.2, 0.25) is 10.0 Å². The molecule has 0 bridgehead atoms.